The van der Waals surface area contributed by atoms with Crippen molar-refractivity contribution in [1.82, 2.24) is 9.80 Å². The standard InChI is InChI=1S/C17H27N3/c1-19(2)13-14-6-3-4-8-17(14)18-15-9-11-20-10-5-7-16(20)12-15/h3-4,6,8,15-16,18H,5,7,9-13H2,1-2H3. The fourth-order valence-corrected chi connectivity index (χ4v) is 3.72. The molecule has 0 saturated carbocycles. The first-order valence-corrected chi connectivity index (χ1v) is 7.95. The number of nitrogens with one attached hydrogen (secondary N) is 1. The van der Waals surface area contributed by atoms with Crippen LogP contribution in [0.15, 0.2) is 24.3 Å². The SMILES string of the molecule is CN(C)Cc1ccccc1NC1CCN2CCCC2C1. The van der Waals surface area contributed by atoms with E-state index in [0.29, 0.717) is 6.04 Å². The van der Waals surface area contributed by atoms with Gasteiger partial charge in [-0.25, -0.2) is 0 Å². The molecule has 3 rings (SSSR count). The van der Waals surface area contributed by atoms with Gasteiger partial charge >= 0.3 is 0 Å². The van der Waals surface area contributed by atoms with Crippen molar-refractivity contribution < 1.29 is 0 Å². The number of rotatable bonds is 4. The lowest BCUT2D eigenvalue weighted by atomic mass is 9.97. The second-order valence-corrected chi connectivity index (χ2v) is 6.59. The van der Waals surface area contributed by atoms with Crippen molar-refractivity contribution in [3.05, 3.63) is 29.8 Å². The quantitative estimate of drug-likeness (QED) is 0.910. The summed E-state index contributed by atoms with van der Waals surface area (Å²) in [7, 11) is 4.27. The molecule has 2 aliphatic heterocycles. The third-order valence-electron chi connectivity index (χ3n) is 4.68. The molecular formula is C17H27N3. The van der Waals surface area contributed by atoms with Crippen molar-refractivity contribution in [2.75, 3.05) is 32.5 Å². The van der Waals surface area contributed by atoms with Gasteiger partial charge in [-0.15, -0.1) is 0 Å². The van der Waals surface area contributed by atoms with Gasteiger partial charge in [0.2, 0.25) is 0 Å². The van der Waals surface area contributed by atoms with Crippen molar-refractivity contribution in [3.8, 4) is 0 Å². The summed E-state index contributed by atoms with van der Waals surface area (Å²) < 4.78 is 0. The van der Waals surface area contributed by atoms with E-state index in [1.807, 2.05) is 0 Å². The van der Waals surface area contributed by atoms with E-state index in [9.17, 15) is 0 Å². The molecule has 1 aromatic carbocycles. The van der Waals surface area contributed by atoms with Crippen LogP contribution in [0, 0.1) is 0 Å². The van der Waals surface area contributed by atoms with Crippen LogP contribution in [0.4, 0.5) is 5.69 Å². The van der Waals surface area contributed by atoms with Gasteiger partial charge in [-0.05, 0) is 58.0 Å². The first kappa shape index (κ1) is 13.9. The predicted octanol–water partition coefficient (Wildman–Crippen LogP) is 2.79. The van der Waals surface area contributed by atoms with Crippen LogP contribution in [0.25, 0.3) is 0 Å². The Bertz CT molecular complexity index is 444. The van der Waals surface area contributed by atoms with Crippen LogP contribution < -0.4 is 5.32 Å². The summed E-state index contributed by atoms with van der Waals surface area (Å²) in [5, 5.41) is 3.81. The molecule has 1 aromatic rings. The molecule has 110 valence electrons. The van der Waals surface area contributed by atoms with Gasteiger partial charge in [-0.3, -0.25) is 0 Å². The van der Waals surface area contributed by atoms with Gasteiger partial charge < -0.3 is 15.1 Å². The van der Waals surface area contributed by atoms with E-state index in [0.717, 1.165) is 12.6 Å². The van der Waals surface area contributed by atoms with Crippen molar-refractivity contribution in [2.24, 2.45) is 0 Å². The van der Waals surface area contributed by atoms with Crippen LogP contribution in [0.1, 0.15) is 31.2 Å². The number of fused-ring (bicyclic) bond motifs is 1. The first-order valence-electron chi connectivity index (χ1n) is 7.95. The molecule has 2 heterocycles. The Morgan fingerprint density at radius 1 is 1.20 bits per heavy atom. The van der Waals surface area contributed by atoms with E-state index in [-0.39, 0.29) is 0 Å². The van der Waals surface area contributed by atoms with Gasteiger partial charge in [0.25, 0.3) is 0 Å². The molecule has 2 aliphatic rings. The predicted molar refractivity (Wildman–Crippen MR) is 85.1 cm³/mol. The zero-order chi connectivity index (χ0) is 13.9. The topological polar surface area (TPSA) is 18.5 Å². The summed E-state index contributed by atoms with van der Waals surface area (Å²) in [5.74, 6) is 0. The van der Waals surface area contributed by atoms with Gasteiger partial charge in [0.1, 0.15) is 0 Å². The molecule has 2 fully saturated rings. The highest BCUT2D eigenvalue weighted by molar-refractivity contribution is 5.51. The van der Waals surface area contributed by atoms with Gasteiger partial charge in [-0.1, -0.05) is 18.2 Å². The fourth-order valence-electron chi connectivity index (χ4n) is 3.72. The number of piperidine rings is 1. The molecule has 20 heavy (non-hydrogen) atoms. The highest BCUT2D eigenvalue weighted by atomic mass is 15.2. The summed E-state index contributed by atoms with van der Waals surface area (Å²) in [6.07, 6.45) is 5.40. The van der Waals surface area contributed by atoms with Crippen LogP contribution >= 0.6 is 0 Å². The number of para-hydroxylation sites is 1. The van der Waals surface area contributed by atoms with E-state index >= 15 is 0 Å². The molecule has 2 saturated heterocycles. The highest BCUT2D eigenvalue weighted by Gasteiger charge is 2.31. The zero-order valence-corrected chi connectivity index (χ0v) is 12.8. The van der Waals surface area contributed by atoms with Crippen LogP contribution in [0.3, 0.4) is 0 Å². The Balaban J connectivity index is 1.65. The minimum atomic E-state index is 0.651. The molecule has 2 atom stereocenters. The van der Waals surface area contributed by atoms with Crippen molar-refractivity contribution >= 4 is 5.69 Å². The average molecular weight is 273 g/mol. The molecule has 2 unspecified atom stereocenters. The molecule has 0 spiro atoms. The molecule has 3 nitrogen and oxygen atoms in total. The maximum absolute atomic E-state index is 3.81. The van der Waals surface area contributed by atoms with Gasteiger partial charge in [0.15, 0.2) is 0 Å². The Kier molecular flexibility index (Phi) is 4.27. The number of hydrogen-bond donors (Lipinski definition) is 1. The fraction of sp³-hybridized carbons (Fsp3) is 0.647. The van der Waals surface area contributed by atoms with Crippen molar-refractivity contribution in [2.45, 2.75) is 44.3 Å². The Morgan fingerprint density at radius 2 is 2.05 bits per heavy atom. The lowest BCUT2D eigenvalue weighted by Gasteiger charge is -2.36. The maximum Gasteiger partial charge on any atom is 0.0388 e. The lowest BCUT2D eigenvalue weighted by molar-refractivity contribution is 0.188. The molecule has 0 radical (unpaired) electrons. The largest absolute Gasteiger partial charge is 0.382 e. The smallest absolute Gasteiger partial charge is 0.0388 e. The molecular weight excluding hydrogens is 246 g/mol. The van der Waals surface area contributed by atoms with E-state index in [2.05, 4.69) is 53.5 Å². The molecule has 0 aromatic heterocycles. The highest BCUT2D eigenvalue weighted by Crippen LogP contribution is 2.29. The summed E-state index contributed by atoms with van der Waals surface area (Å²) >= 11 is 0. The third-order valence-corrected chi connectivity index (χ3v) is 4.68. The Morgan fingerprint density at radius 3 is 2.90 bits per heavy atom. The third kappa shape index (κ3) is 3.15. The summed E-state index contributed by atoms with van der Waals surface area (Å²) in [5.41, 5.74) is 2.74. The zero-order valence-electron chi connectivity index (χ0n) is 12.8. The van der Waals surface area contributed by atoms with Crippen molar-refractivity contribution in [1.29, 1.82) is 0 Å². The van der Waals surface area contributed by atoms with Crippen LogP contribution in [0.2, 0.25) is 0 Å². The summed E-state index contributed by atoms with van der Waals surface area (Å²) in [6, 6.07) is 10.3. The lowest BCUT2D eigenvalue weighted by Crippen LogP contribution is -2.42. The average Bonchev–Trinajstić information content (AvgIpc) is 2.88. The second kappa shape index (κ2) is 6.15. The first-order chi connectivity index (χ1) is 9.72. The number of hydrogen-bond acceptors (Lipinski definition) is 3. The molecule has 0 bridgehead atoms. The molecule has 3 heteroatoms. The van der Waals surface area contributed by atoms with E-state index in [1.165, 1.54) is 50.0 Å². The Hall–Kier alpha value is -1.06. The molecule has 0 amide bonds. The maximum atomic E-state index is 3.81. The van der Waals surface area contributed by atoms with Gasteiger partial charge in [0, 0.05) is 30.9 Å². The van der Waals surface area contributed by atoms with E-state index in [4.69, 9.17) is 0 Å². The summed E-state index contributed by atoms with van der Waals surface area (Å²) in [4.78, 5) is 4.92. The number of anilines is 1. The van der Waals surface area contributed by atoms with E-state index in [1.54, 1.807) is 0 Å². The minimum Gasteiger partial charge on any atom is -0.382 e. The monoisotopic (exact) mass is 273 g/mol. The minimum absolute atomic E-state index is 0.651. The van der Waals surface area contributed by atoms with Gasteiger partial charge in [0.05, 0.1) is 0 Å². The molecule has 0 aliphatic carbocycles. The number of benzene rings is 1. The van der Waals surface area contributed by atoms with Gasteiger partial charge in [-0.2, -0.15) is 0 Å². The van der Waals surface area contributed by atoms with Crippen LogP contribution in [0.5, 0.6) is 0 Å². The normalized spacial score (nSPS) is 26.8. The summed E-state index contributed by atoms with van der Waals surface area (Å²) in [6.45, 7) is 3.61. The van der Waals surface area contributed by atoms with E-state index < -0.39 is 0 Å². The number of nitrogens with zero attached hydrogens (tertiary/aromatic N) is 2. The van der Waals surface area contributed by atoms with Crippen LogP contribution in [-0.4, -0.2) is 49.1 Å². The van der Waals surface area contributed by atoms with Crippen LogP contribution in [-0.2, 0) is 6.54 Å². The second-order valence-electron chi connectivity index (χ2n) is 6.59. The Labute approximate surface area is 123 Å². The molecule has 1 N–H and O–H groups in total. The van der Waals surface area contributed by atoms with Crippen molar-refractivity contribution in [3.63, 3.8) is 0 Å².